The first-order valence-corrected chi connectivity index (χ1v) is 6.38. The highest BCUT2D eigenvalue weighted by Crippen LogP contribution is 2.12. The average Bonchev–Trinajstić information content (AvgIpc) is 2.26. The minimum Gasteiger partial charge on any atom is -0.395 e. The molecule has 88 valence electrons. The smallest absolute Gasteiger partial charge is 0.230 e. The fraction of sp³-hybridized carbons (Fsp3) is 0.417. The van der Waals surface area contributed by atoms with Crippen molar-refractivity contribution < 1.29 is 9.90 Å². The van der Waals surface area contributed by atoms with Gasteiger partial charge in [-0.3, -0.25) is 4.79 Å². The highest BCUT2D eigenvalue weighted by atomic mass is 32.2. The van der Waals surface area contributed by atoms with Crippen LogP contribution in [0.3, 0.4) is 0 Å². The fourth-order valence-electron chi connectivity index (χ4n) is 1.31. The van der Waals surface area contributed by atoms with Gasteiger partial charge in [0.1, 0.15) is 0 Å². The molecule has 0 heterocycles. The van der Waals surface area contributed by atoms with Crippen molar-refractivity contribution >= 4 is 17.7 Å². The minimum atomic E-state index is -0.0216. The van der Waals surface area contributed by atoms with Crippen LogP contribution in [0.5, 0.6) is 0 Å². The van der Waals surface area contributed by atoms with Crippen LogP contribution in [0.2, 0.25) is 0 Å². The molecule has 1 aromatic carbocycles. The molecule has 4 heteroatoms. The number of carbonyl (C=O) groups is 1. The predicted molar refractivity (Wildman–Crippen MR) is 67.4 cm³/mol. The van der Waals surface area contributed by atoms with Gasteiger partial charge in [-0.1, -0.05) is 29.8 Å². The van der Waals surface area contributed by atoms with E-state index in [4.69, 9.17) is 5.11 Å². The van der Waals surface area contributed by atoms with Gasteiger partial charge in [-0.2, -0.15) is 0 Å². The first-order valence-electron chi connectivity index (χ1n) is 5.23. The third-order valence-corrected chi connectivity index (χ3v) is 3.02. The second-order valence-corrected chi connectivity index (χ2v) is 4.54. The van der Waals surface area contributed by atoms with Crippen molar-refractivity contribution in [3.63, 3.8) is 0 Å². The number of benzene rings is 1. The molecule has 16 heavy (non-hydrogen) atoms. The summed E-state index contributed by atoms with van der Waals surface area (Å²) in [7, 11) is 0. The number of aryl methyl sites for hydroxylation is 1. The van der Waals surface area contributed by atoms with Gasteiger partial charge in [0.25, 0.3) is 0 Å². The molecular weight excluding hydrogens is 222 g/mol. The second kappa shape index (κ2) is 7.30. The van der Waals surface area contributed by atoms with E-state index in [-0.39, 0.29) is 12.5 Å². The van der Waals surface area contributed by atoms with E-state index in [1.165, 1.54) is 11.1 Å². The normalized spacial score (nSPS) is 10.1. The topological polar surface area (TPSA) is 49.3 Å². The molecule has 0 bridgehead atoms. The van der Waals surface area contributed by atoms with E-state index in [1.54, 1.807) is 11.8 Å². The molecule has 0 aliphatic heterocycles. The van der Waals surface area contributed by atoms with Gasteiger partial charge in [0, 0.05) is 12.3 Å². The van der Waals surface area contributed by atoms with E-state index in [0.29, 0.717) is 12.3 Å². The van der Waals surface area contributed by atoms with Crippen LogP contribution in [0.25, 0.3) is 0 Å². The van der Waals surface area contributed by atoms with Crippen molar-refractivity contribution in [2.45, 2.75) is 12.7 Å². The van der Waals surface area contributed by atoms with Crippen LogP contribution in [-0.2, 0) is 10.5 Å². The van der Waals surface area contributed by atoms with Gasteiger partial charge in [0.15, 0.2) is 0 Å². The van der Waals surface area contributed by atoms with Crippen LogP contribution in [-0.4, -0.2) is 29.9 Å². The number of hydrogen-bond donors (Lipinski definition) is 2. The summed E-state index contributed by atoms with van der Waals surface area (Å²) in [4.78, 5) is 11.2. The highest BCUT2D eigenvalue weighted by molar-refractivity contribution is 7.99. The lowest BCUT2D eigenvalue weighted by Gasteiger charge is -2.04. The van der Waals surface area contributed by atoms with E-state index in [1.807, 2.05) is 6.07 Å². The van der Waals surface area contributed by atoms with Gasteiger partial charge < -0.3 is 10.4 Å². The molecule has 0 aliphatic carbocycles. The van der Waals surface area contributed by atoms with E-state index in [2.05, 4.69) is 30.4 Å². The molecule has 0 fully saturated rings. The number of aliphatic hydroxyl groups excluding tert-OH is 1. The van der Waals surface area contributed by atoms with Gasteiger partial charge in [-0.15, -0.1) is 11.8 Å². The van der Waals surface area contributed by atoms with E-state index >= 15 is 0 Å². The summed E-state index contributed by atoms with van der Waals surface area (Å²) < 4.78 is 0. The molecule has 1 aromatic rings. The molecule has 0 saturated carbocycles. The predicted octanol–water partition coefficient (Wildman–Crippen LogP) is 1.34. The Morgan fingerprint density at radius 2 is 2.31 bits per heavy atom. The fourth-order valence-corrected chi connectivity index (χ4v) is 2.11. The quantitative estimate of drug-likeness (QED) is 0.787. The number of thioether (sulfide) groups is 1. The molecule has 0 unspecified atom stereocenters. The van der Waals surface area contributed by atoms with Crippen molar-refractivity contribution in [3.8, 4) is 0 Å². The van der Waals surface area contributed by atoms with E-state index < -0.39 is 0 Å². The van der Waals surface area contributed by atoms with E-state index in [9.17, 15) is 4.79 Å². The summed E-state index contributed by atoms with van der Waals surface area (Å²) in [5, 5.41) is 11.1. The molecule has 1 amide bonds. The first-order chi connectivity index (χ1) is 7.72. The summed E-state index contributed by atoms with van der Waals surface area (Å²) in [6.07, 6.45) is 0. The zero-order chi connectivity index (χ0) is 11.8. The van der Waals surface area contributed by atoms with E-state index in [0.717, 1.165) is 5.75 Å². The van der Waals surface area contributed by atoms with Crippen LogP contribution < -0.4 is 5.32 Å². The van der Waals surface area contributed by atoms with Crippen molar-refractivity contribution in [1.82, 2.24) is 5.32 Å². The van der Waals surface area contributed by atoms with Gasteiger partial charge in [0.05, 0.1) is 12.4 Å². The molecule has 2 N–H and O–H groups in total. The third kappa shape index (κ3) is 5.19. The van der Waals surface area contributed by atoms with Gasteiger partial charge in [-0.05, 0) is 12.5 Å². The van der Waals surface area contributed by atoms with Gasteiger partial charge >= 0.3 is 0 Å². The number of rotatable bonds is 6. The van der Waals surface area contributed by atoms with Crippen molar-refractivity contribution in [3.05, 3.63) is 35.4 Å². The maximum Gasteiger partial charge on any atom is 0.230 e. The standard InChI is InChI=1S/C12H17NO2S/c1-10-3-2-4-11(7-10)8-16-9-12(15)13-5-6-14/h2-4,7,14H,5-6,8-9H2,1H3,(H,13,15). The summed E-state index contributed by atoms with van der Waals surface area (Å²) >= 11 is 1.58. The number of amides is 1. The van der Waals surface area contributed by atoms with Crippen LogP contribution in [0.15, 0.2) is 24.3 Å². The average molecular weight is 239 g/mol. The summed E-state index contributed by atoms with van der Waals surface area (Å²) in [6, 6.07) is 8.27. The molecule has 0 radical (unpaired) electrons. The van der Waals surface area contributed by atoms with Gasteiger partial charge in [0.2, 0.25) is 5.91 Å². The zero-order valence-corrected chi connectivity index (χ0v) is 10.2. The lowest BCUT2D eigenvalue weighted by Crippen LogP contribution is -2.27. The lowest BCUT2D eigenvalue weighted by atomic mass is 10.2. The molecule has 0 saturated heterocycles. The number of carbonyl (C=O) groups excluding carboxylic acids is 1. The van der Waals surface area contributed by atoms with Crippen LogP contribution >= 0.6 is 11.8 Å². The maximum atomic E-state index is 11.2. The molecule has 0 aromatic heterocycles. The zero-order valence-electron chi connectivity index (χ0n) is 9.40. The SMILES string of the molecule is Cc1cccc(CSCC(=O)NCCO)c1. The van der Waals surface area contributed by atoms with Crippen LogP contribution in [0.1, 0.15) is 11.1 Å². The molecular formula is C12H17NO2S. The first kappa shape index (κ1) is 13.1. The molecule has 3 nitrogen and oxygen atoms in total. The number of nitrogens with one attached hydrogen (secondary N) is 1. The number of aliphatic hydroxyl groups is 1. The Labute approximate surface area is 100 Å². The summed E-state index contributed by atoms with van der Waals surface area (Å²) in [6.45, 7) is 2.39. The highest BCUT2D eigenvalue weighted by Gasteiger charge is 2.00. The Bertz CT molecular complexity index is 342. The Balaban J connectivity index is 2.22. The maximum absolute atomic E-state index is 11.2. The van der Waals surface area contributed by atoms with Crippen LogP contribution in [0.4, 0.5) is 0 Å². The van der Waals surface area contributed by atoms with Gasteiger partial charge in [-0.25, -0.2) is 0 Å². The Kier molecular flexibility index (Phi) is 5.96. The summed E-state index contributed by atoms with van der Waals surface area (Å²) in [5.74, 6) is 1.26. The van der Waals surface area contributed by atoms with Crippen molar-refractivity contribution in [1.29, 1.82) is 0 Å². The third-order valence-electron chi connectivity index (χ3n) is 2.02. The molecule has 0 aliphatic rings. The Morgan fingerprint density at radius 1 is 1.50 bits per heavy atom. The molecule has 0 atom stereocenters. The molecule has 1 rings (SSSR count). The monoisotopic (exact) mass is 239 g/mol. The summed E-state index contributed by atoms with van der Waals surface area (Å²) in [5.41, 5.74) is 2.47. The Hall–Kier alpha value is -1.00. The Morgan fingerprint density at radius 3 is 3.00 bits per heavy atom. The van der Waals surface area contributed by atoms with Crippen LogP contribution in [0, 0.1) is 6.92 Å². The van der Waals surface area contributed by atoms with Crippen molar-refractivity contribution in [2.75, 3.05) is 18.9 Å². The minimum absolute atomic E-state index is 0.00567. The lowest BCUT2D eigenvalue weighted by molar-refractivity contribution is -0.118. The molecule has 0 spiro atoms. The largest absolute Gasteiger partial charge is 0.395 e. The van der Waals surface area contributed by atoms with Crippen molar-refractivity contribution in [2.24, 2.45) is 0 Å². The second-order valence-electron chi connectivity index (χ2n) is 3.56. The number of hydrogen-bond acceptors (Lipinski definition) is 3.